The molecule has 2 rings (SSSR count). The number of hydrogen-bond acceptors (Lipinski definition) is 2. The van der Waals surface area contributed by atoms with E-state index in [1.807, 2.05) is 0 Å². The number of nitrogens with two attached hydrogens (primary N) is 1. The fraction of sp³-hybridized carbons (Fsp3) is 0.467. The number of carbonyl (C=O) groups is 1. The molecular weight excluding hydrogens is 292 g/mol. The molecule has 1 unspecified atom stereocenters. The van der Waals surface area contributed by atoms with Gasteiger partial charge in [0.15, 0.2) is 0 Å². The van der Waals surface area contributed by atoms with Crippen molar-refractivity contribution in [3.63, 3.8) is 0 Å². The minimum Gasteiger partial charge on any atom is -0.392 e. The summed E-state index contributed by atoms with van der Waals surface area (Å²) >= 11 is 11.2. The lowest BCUT2D eigenvalue weighted by atomic mass is 9.83. The van der Waals surface area contributed by atoms with E-state index in [0.29, 0.717) is 21.5 Å². The molecule has 1 atom stereocenters. The first kappa shape index (κ1) is 15.3. The number of halogens is 1. The molecule has 1 aromatic rings. The van der Waals surface area contributed by atoms with Crippen LogP contribution in [0.5, 0.6) is 0 Å². The number of hydrogen-bond donors (Lipinski definition) is 2. The summed E-state index contributed by atoms with van der Waals surface area (Å²) in [6.45, 7) is 0. The van der Waals surface area contributed by atoms with Gasteiger partial charge in [0.25, 0.3) is 5.91 Å². The second-order valence-corrected chi connectivity index (χ2v) is 6.11. The van der Waals surface area contributed by atoms with E-state index in [1.54, 1.807) is 24.3 Å². The molecule has 1 aliphatic rings. The summed E-state index contributed by atoms with van der Waals surface area (Å²) in [5, 5.41) is 3.39. The number of benzene rings is 1. The van der Waals surface area contributed by atoms with E-state index in [9.17, 15) is 4.79 Å². The molecule has 0 aromatic heterocycles. The monoisotopic (exact) mass is 310 g/mol. The van der Waals surface area contributed by atoms with Crippen molar-refractivity contribution in [3.05, 3.63) is 34.9 Å². The summed E-state index contributed by atoms with van der Waals surface area (Å²) in [6, 6.07) is 6.75. The standard InChI is InChI=1S/C15H19ClN2OS/c16-12-9-5-4-8-11(12)15(19)18-13(14(17)20)10-6-2-1-3-7-10/h4-5,8-10,13H,1-3,6-7H2,(H2,17,20)(H,18,19). The van der Waals surface area contributed by atoms with Crippen molar-refractivity contribution in [2.24, 2.45) is 11.7 Å². The van der Waals surface area contributed by atoms with Gasteiger partial charge in [-0.1, -0.05) is 55.2 Å². The van der Waals surface area contributed by atoms with Gasteiger partial charge in [0.1, 0.15) is 0 Å². The molecule has 1 amide bonds. The highest BCUT2D eigenvalue weighted by Gasteiger charge is 2.27. The van der Waals surface area contributed by atoms with Gasteiger partial charge in [-0.2, -0.15) is 0 Å². The van der Waals surface area contributed by atoms with Gasteiger partial charge in [0.05, 0.1) is 21.6 Å². The molecule has 108 valence electrons. The molecule has 0 saturated heterocycles. The van der Waals surface area contributed by atoms with Crippen LogP contribution >= 0.6 is 23.8 Å². The maximum Gasteiger partial charge on any atom is 0.253 e. The molecule has 0 bridgehead atoms. The highest BCUT2D eigenvalue weighted by atomic mass is 35.5. The fourth-order valence-electron chi connectivity index (χ4n) is 2.75. The van der Waals surface area contributed by atoms with E-state index in [4.69, 9.17) is 29.6 Å². The Morgan fingerprint density at radius 3 is 2.55 bits per heavy atom. The normalized spacial score (nSPS) is 17.4. The van der Waals surface area contributed by atoms with Crippen molar-refractivity contribution < 1.29 is 4.79 Å². The average molecular weight is 311 g/mol. The third-order valence-corrected chi connectivity index (χ3v) is 4.42. The second-order valence-electron chi connectivity index (χ2n) is 5.23. The Morgan fingerprint density at radius 2 is 1.95 bits per heavy atom. The SMILES string of the molecule is NC(=S)C(NC(=O)c1ccccc1Cl)C1CCCCC1. The van der Waals surface area contributed by atoms with Crippen LogP contribution in [-0.4, -0.2) is 16.9 Å². The average Bonchev–Trinajstić information content (AvgIpc) is 2.45. The fourth-order valence-corrected chi connectivity index (χ4v) is 3.23. The number of carbonyl (C=O) groups excluding carboxylic acids is 1. The van der Waals surface area contributed by atoms with Crippen LogP contribution in [0.25, 0.3) is 0 Å². The summed E-state index contributed by atoms with van der Waals surface area (Å²) in [5.74, 6) is 0.131. The van der Waals surface area contributed by atoms with E-state index in [0.717, 1.165) is 12.8 Å². The van der Waals surface area contributed by atoms with Crippen LogP contribution in [0.15, 0.2) is 24.3 Å². The summed E-state index contributed by atoms with van der Waals surface area (Å²) in [7, 11) is 0. The highest BCUT2D eigenvalue weighted by Crippen LogP contribution is 2.27. The van der Waals surface area contributed by atoms with Crippen LogP contribution in [0.1, 0.15) is 42.5 Å². The van der Waals surface area contributed by atoms with E-state index in [2.05, 4.69) is 5.32 Å². The zero-order valence-electron chi connectivity index (χ0n) is 11.3. The third-order valence-electron chi connectivity index (χ3n) is 3.83. The Labute approximate surface area is 129 Å². The predicted molar refractivity (Wildman–Crippen MR) is 86.1 cm³/mol. The molecule has 0 aliphatic heterocycles. The highest BCUT2D eigenvalue weighted by molar-refractivity contribution is 7.80. The van der Waals surface area contributed by atoms with Crippen LogP contribution in [-0.2, 0) is 0 Å². The summed E-state index contributed by atoms with van der Waals surface area (Å²) in [5.41, 5.74) is 6.28. The van der Waals surface area contributed by atoms with E-state index in [-0.39, 0.29) is 11.9 Å². The lowest BCUT2D eigenvalue weighted by Gasteiger charge is -2.30. The Kier molecular flexibility index (Phi) is 5.38. The van der Waals surface area contributed by atoms with Gasteiger partial charge in [-0.25, -0.2) is 0 Å². The maximum absolute atomic E-state index is 12.3. The van der Waals surface area contributed by atoms with Crippen molar-refractivity contribution in [3.8, 4) is 0 Å². The van der Waals surface area contributed by atoms with E-state index >= 15 is 0 Å². The van der Waals surface area contributed by atoms with Crippen molar-refractivity contribution in [1.29, 1.82) is 0 Å². The van der Waals surface area contributed by atoms with Crippen molar-refractivity contribution >= 4 is 34.7 Å². The molecule has 0 heterocycles. The van der Waals surface area contributed by atoms with Gasteiger partial charge in [0, 0.05) is 0 Å². The lowest BCUT2D eigenvalue weighted by molar-refractivity contribution is 0.0932. The molecule has 0 radical (unpaired) electrons. The Hall–Kier alpha value is -1.13. The topological polar surface area (TPSA) is 55.1 Å². The van der Waals surface area contributed by atoms with Crippen LogP contribution in [0.4, 0.5) is 0 Å². The van der Waals surface area contributed by atoms with Gasteiger partial charge in [0.2, 0.25) is 0 Å². The van der Waals surface area contributed by atoms with Crippen LogP contribution in [0.3, 0.4) is 0 Å². The lowest BCUT2D eigenvalue weighted by Crippen LogP contribution is -2.48. The molecule has 1 fully saturated rings. The molecule has 20 heavy (non-hydrogen) atoms. The molecule has 3 N–H and O–H groups in total. The van der Waals surface area contributed by atoms with Crippen LogP contribution in [0.2, 0.25) is 5.02 Å². The largest absolute Gasteiger partial charge is 0.392 e. The van der Waals surface area contributed by atoms with Crippen molar-refractivity contribution in [2.75, 3.05) is 0 Å². The zero-order valence-corrected chi connectivity index (χ0v) is 12.8. The minimum absolute atomic E-state index is 0.209. The number of rotatable bonds is 4. The number of thiocarbonyl (C=S) groups is 1. The van der Waals surface area contributed by atoms with E-state index in [1.165, 1.54) is 19.3 Å². The van der Waals surface area contributed by atoms with Gasteiger partial charge >= 0.3 is 0 Å². The first-order valence-corrected chi connectivity index (χ1v) is 7.73. The second kappa shape index (κ2) is 7.04. The van der Waals surface area contributed by atoms with Crippen LogP contribution < -0.4 is 11.1 Å². The molecule has 0 spiro atoms. The Bertz CT molecular complexity index is 500. The van der Waals surface area contributed by atoms with Crippen molar-refractivity contribution in [1.82, 2.24) is 5.32 Å². The van der Waals surface area contributed by atoms with Crippen LogP contribution in [0, 0.1) is 5.92 Å². The first-order chi connectivity index (χ1) is 9.59. The Morgan fingerprint density at radius 1 is 1.30 bits per heavy atom. The maximum atomic E-state index is 12.3. The Balaban J connectivity index is 2.10. The van der Waals surface area contributed by atoms with Gasteiger partial charge < -0.3 is 11.1 Å². The minimum atomic E-state index is -0.242. The molecule has 5 heteroatoms. The summed E-state index contributed by atoms with van der Waals surface area (Å²) < 4.78 is 0. The first-order valence-electron chi connectivity index (χ1n) is 6.94. The van der Waals surface area contributed by atoms with E-state index < -0.39 is 0 Å². The molecule has 1 aliphatic carbocycles. The van der Waals surface area contributed by atoms with Gasteiger partial charge in [-0.05, 0) is 30.9 Å². The molecular formula is C15H19ClN2OS. The zero-order chi connectivity index (χ0) is 14.5. The number of nitrogens with one attached hydrogen (secondary N) is 1. The summed E-state index contributed by atoms with van der Waals surface area (Å²) in [4.78, 5) is 12.7. The molecule has 1 saturated carbocycles. The molecule has 3 nitrogen and oxygen atoms in total. The predicted octanol–water partition coefficient (Wildman–Crippen LogP) is 3.30. The number of amides is 1. The van der Waals surface area contributed by atoms with Crippen molar-refractivity contribution in [2.45, 2.75) is 38.1 Å². The van der Waals surface area contributed by atoms with Gasteiger partial charge in [-0.3, -0.25) is 4.79 Å². The third kappa shape index (κ3) is 3.70. The quantitative estimate of drug-likeness (QED) is 0.839. The van der Waals surface area contributed by atoms with Gasteiger partial charge in [-0.15, -0.1) is 0 Å². The summed E-state index contributed by atoms with van der Waals surface area (Å²) in [6.07, 6.45) is 5.71. The molecule has 1 aromatic carbocycles. The smallest absolute Gasteiger partial charge is 0.253 e.